The second kappa shape index (κ2) is 8.06. The normalized spacial score (nSPS) is 16.6. The standard InChI is InChI=1S/C20H19N3O3S/c1-12-17(19(24)23-14-7-4-5-8-15(14)25-2)18(16-9-6-10-26-16)13(11-21)20(22-12)27-3/h4-10,18,22H,1-3H3,(H,23,24)/t18-/m0/s1. The van der Waals surface area contributed by atoms with Gasteiger partial charge in [0.1, 0.15) is 11.5 Å². The number of rotatable bonds is 5. The third-order valence-electron chi connectivity index (χ3n) is 4.28. The van der Waals surface area contributed by atoms with E-state index in [1.54, 1.807) is 31.4 Å². The third kappa shape index (κ3) is 3.57. The lowest BCUT2D eigenvalue weighted by atomic mass is 9.85. The number of dihydropyridines is 1. The molecule has 2 aromatic rings. The average Bonchev–Trinajstić information content (AvgIpc) is 3.21. The lowest BCUT2D eigenvalue weighted by Crippen LogP contribution is -2.30. The number of benzene rings is 1. The minimum Gasteiger partial charge on any atom is -0.495 e. The quantitative estimate of drug-likeness (QED) is 0.814. The van der Waals surface area contributed by atoms with E-state index in [2.05, 4.69) is 16.7 Å². The Hall–Kier alpha value is -3.11. The molecule has 3 rings (SSSR count). The number of nitriles is 1. The van der Waals surface area contributed by atoms with Gasteiger partial charge in [0.05, 0.1) is 47.2 Å². The molecule has 1 amide bonds. The van der Waals surface area contributed by atoms with Gasteiger partial charge in [-0.3, -0.25) is 4.79 Å². The lowest BCUT2D eigenvalue weighted by molar-refractivity contribution is -0.113. The van der Waals surface area contributed by atoms with Crippen molar-refractivity contribution in [3.05, 3.63) is 70.3 Å². The summed E-state index contributed by atoms with van der Waals surface area (Å²) in [6.07, 6.45) is 3.42. The summed E-state index contributed by atoms with van der Waals surface area (Å²) in [7, 11) is 1.55. The summed E-state index contributed by atoms with van der Waals surface area (Å²) < 4.78 is 10.9. The minimum atomic E-state index is -0.580. The van der Waals surface area contributed by atoms with Crippen molar-refractivity contribution in [2.75, 3.05) is 18.7 Å². The molecular weight excluding hydrogens is 362 g/mol. The summed E-state index contributed by atoms with van der Waals surface area (Å²) in [5.41, 5.74) is 2.12. The summed E-state index contributed by atoms with van der Waals surface area (Å²) >= 11 is 1.43. The average molecular weight is 381 g/mol. The van der Waals surface area contributed by atoms with Crippen LogP contribution in [0.1, 0.15) is 18.6 Å². The summed E-state index contributed by atoms with van der Waals surface area (Å²) in [5.74, 6) is 0.203. The number of ether oxygens (including phenoxy) is 1. The number of carbonyl (C=O) groups is 1. The topological polar surface area (TPSA) is 87.3 Å². The minimum absolute atomic E-state index is 0.321. The molecule has 0 aliphatic carbocycles. The molecule has 1 atom stereocenters. The maximum Gasteiger partial charge on any atom is 0.254 e. The summed E-state index contributed by atoms with van der Waals surface area (Å²) in [6, 6.07) is 12.9. The molecule has 2 N–H and O–H groups in total. The van der Waals surface area contributed by atoms with Crippen LogP contribution in [0.25, 0.3) is 0 Å². The van der Waals surface area contributed by atoms with Crippen LogP contribution in [0, 0.1) is 11.3 Å². The van der Waals surface area contributed by atoms with Gasteiger partial charge >= 0.3 is 0 Å². The maximum absolute atomic E-state index is 13.2. The number of nitrogens with zero attached hydrogens (tertiary/aromatic N) is 1. The van der Waals surface area contributed by atoms with Crippen LogP contribution in [0.5, 0.6) is 5.75 Å². The number of furan rings is 1. The van der Waals surface area contributed by atoms with Crippen LogP contribution in [0.15, 0.2) is 69.0 Å². The van der Waals surface area contributed by atoms with E-state index in [1.165, 1.54) is 18.0 Å². The summed E-state index contributed by atoms with van der Waals surface area (Å²) in [4.78, 5) is 13.2. The van der Waals surface area contributed by atoms with Crippen molar-refractivity contribution >= 4 is 23.4 Å². The Morgan fingerprint density at radius 2 is 2.11 bits per heavy atom. The molecule has 2 heterocycles. The Bertz CT molecular complexity index is 955. The Labute approximate surface area is 161 Å². The number of hydrogen-bond acceptors (Lipinski definition) is 6. The molecular formula is C20H19N3O3S. The van der Waals surface area contributed by atoms with E-state index in [4.69, 9.17) is 9.15 Å². The molecule has 0 radical (unpaired) electrons. The van der Waals surface area contributed by atoms with Gasteiger partial charge in [0.2, 0.25) is 0 Å². The van der Waals surface area contributed by atoms with Gasteiger partial charge in [-0.2, -0.15) is 5.26 Å². The van der Waals surface area contributed by atoms with E-state index < -0.39 is 5.92 Å². The molecule has 1 aliphatic rings. The van der Waals surface area contributed by atoms with Crippen LogP contribution < -0.4 is 15.4 Å². The molecule has 138 valence electrons. The zero-order chi connectivity index (χ0) is 19.4. The first-order valence-electron chi connectivity index (χ1n) is 8.24. The van der Waals surface area contributed by atoms with Gasteiger partial charge < -0.3 is 19.8 Å². The van der Waals surface area contributed by atoms with Gasteiger partial charge in [0, 0.05) is 5.70 Å². The molecule has 6 nitrogen and oxygen atoms in total. The van der Waals surface area contributed by atoms with Gasteiger partial charge in [0.25, 0.3) is 5.91 Å². The molecule has 1 aromatic carbocycles. The van der Waals surface area contributed by atoms with E-state index in [9.17, 15) is 10.1 Å². The molecule has 1 aromatic heterocycles. The molecule has 0 fully saturated rings. The largest absolute Gasteiger partial charge is 0.495 e. The molecule has 27 heavy (non-hydrogen) atoms. The maximum atomic E-state index is 13.2. The Morgan fingerprint density at radius 1 is 1.33 bits per heavy atom. The van der Waals surface area contributed by atoms with E-state index in [0.29, 0.717) is 39.1 Å². The van der Waals surface area contributed by atoms with Gasteiger partial charge in [-0.15, -0.1) is 11.8 Å². The zero-order valence-electron chi connectivity index (χ0n) is 15.2. The van der Waals surface area contributed by atoms with E-state index >= 15 is 0 Å². The first-order chi connectivity index (χ1) is 13.1. The van der Waals surface area contributed by atoms with E-state index in [-0.39, 0.29) is 5.91 Å². The first-order valence-corrected chi connectivity index (χ1v) is 9.47. The highest BCUT2D eigenvalue weighted by atomic mass is 32.2. The number of carbonyl (C=O) groups excluding carboxylic acids is 1. The zero-order valence-corrected chi connectivity index (χ0v) is 16.0. The highest BCUT2D eigenvalue weighted by molar-refractivity contribution is 8.02. The third-order valence-corrected chi connectivity index (χ3v) is 5.01. The lowest BCUT2D eigenvalue weighted by Gasteiger charge is -2.28. The van der Waals surface area contributed by atoms with Crippen molar-refractivity contribution in [2.24, 2.45) is 0 Å². The van der Waals surface area contributed by atoms with Gasteiger partial charge in [-0.05, 0) is 37.4 Å². The molecule has 7 heteroatoms. The number of para-hydroxylation sites is 2. The molecule has 0 spiro atoms. The summed E-state index contributed by atoms with van der Waals surface area (Å²) in [5, 5.41) is 16.5. The Kier molecular flexibility index (Phi) is 5.57. The van der Waals surface area contributed by atoms with Crippen molar-refractivity contribution in [3.63, 3.8) is 0 Å². The van der Waals surface area contributed by atoms with Crippen molar-refractivity contribution in [2.45, 2.75) is 12.8 Å². The van der Waals surface area contributed by atoms with Gasteiger partial charge in [0.15, 0.2) is 0 Å². The number of amides is 1. The van der Waals surface area contributed by atoms with Crippen LogP contribution in [-0.4, -0.2) is 19.3 Å². The molecule has 0 saturated heterocycles. The van der Waals surface area contributed by atoms with Gasteiger partial charge in [-0.1, -0.05) is 12.1 Å². The summed E-state index contributed by atoms with van der Waals surface area (Å²) in [6.45, 7) is 1.82. The van der Waals surface area contributed by atoms with Gasteiger partial charge in [-0.25, -0.2) is 0 Å². The Balaban J connectivity index is 2.04. The first kappa shape index (κ1) is 18.7. The Morgan fingerprint density at radius 3 is 2.74 bits per heavy atom. The predicted molar refractivity (Wildman–Crippen MR) is 105 cm³/mol. The smallest absolute Gasteiger partial charge is 0.254 e. The van der Waals surface area contributed by atoms with Crippen LogP contribution in [0.4, 0.5) is 5.69 Å². The fourth-order valence-electron chi connectivity index (χ4n) is 3.05. The number of methoxy groups -OCH3 is 1. The molecule has 0 unspecified atom stereocenters. The number of thioether (sulfide) groups is 1. The van der Waals surface area contributed by atoms with Crippen molar-refractivity contribution in [1.82, 2.24) is 5.32 Å². The van der Waals surface area contributed by atoms with Crippen LogP contribution >= 0.6 is 11.8 Å². The second-order valence-corrected chi connectivity index (χ2v) is 6.64. The van der Waals surface area contributed by atoms with E-state index in [1.807, 2.05) is 25.3 Å². The van der Waals surface area contributed by atoms with Crippen LogP contribution in [0.2, 0.25) is 0 Å². The number of hydrogen-bond donors (Lipinski definition) is 2. The van der Waals surface area contributed by atoms with Crippen LogP contribution in [0.3, 0.4) is 0 Å². The predicted octanol–water partition coefficient (Wildman–Crippen LogP) is 3.99. The van der Waals surface area contributed by atoms with Crippen molar-refractivity contribution in [3.8, 4) is 11.8 Å². The second-order valence-electron chi connectivity index (χ2n) is 5.83. The highest BCUT2D eigenvalue weighted by Gasteiger charge is 2.36. The molecule has 1 aliphatic heterocycles. The number of anilines is 1. The van der Waals surface area contributed by atoms with E-state index in [0.717, 1.165) is 0 Å². The van der Waals surface area contributed by atoms with Crippen LogP contribution in [-0.2, 0) is 4.79 Å². The fourth-order valence-corrected chi connectivity index (χ4v) is 3.69. The SMILES string of the molecule is COc1ccccc1NC(=O)C1=C(C)NC(SC)=C(C#N)[C@H]1c1ccco1. The molecule has 0 saturated carbocycles. The fraction of sp³-hybridized carbons (Fsp3) is 0.200. The molecule has 0 bridgehead atoms. The monoisotopic (exact) mass is 381 g/mol. The van der Waals surface area contributed by atoms with Crippen molar-refractivity contribution < 1.29 is 13.9 Å². The van der Waals surface area contributed by atoms with Crippen molar-refractivity contribution in [1.29, 1.82) is 5.26 Å². The number of allylic oxidation sites excluding steroid dienone is 2. The highest BCUT2D eigenvalue weighted by Crippen LogP contribution is 2.40. The number of nitrogens with one attached hydrogen (secondary N) is 2.